The number of halogens is 1. The lowest BCUT2D eigenvalue weighted by atomic mass is 10.2. The van der Waals surface area contributed by atoms with Gasteiger partial charge in [0.15, 0.2) is 5.82 Å². The van der Waals surface area contributed by atoms with Gasteiger partial charge in [0.2, 0.25) is 11.8 Å². The standard InChI is InChI=1S/C21H26BrN5O4/c22-17-3-1-16(2-4-17)21(29)27-9-7-25(8-10-27)15-18-23-19(31-24-18)5-6-20(28)26-11-13-30-14-12-26/h1-4H,5-15H2. The normalized spacial score (nSPS) is 17.7. The largest absolute Gasteiger partial charge is 0.378 e. The molecule has 2 amide bonds. The Morgan fingerprint density at radius 1 is 0.968 bits per heavy atom. The van der Waals surface area contributed by atoms with Crippen LogP contribution in [0.15, 0.2) is 33.3 Å². The molecule has 0 unspecified atom stereocenters. The Bertz CT molecular complexity index is 889. The van der Waals surface area contributed by atoms with Crippen molar-refractivity contribution in [2.75, 3.05) is 52.5 Å². The van der Waals surface area contributed by atoms with Gasteiger partial charge in [-0.25, -0.2) is 0 Å². The minimum Gasteiger partial charge on any atom is -0.378 e. The first-order chi connectivity index (χ1) is 15.1. The number of ether oxygens (including phenoxy) is 1. The fourth-order valence-corrected chi connectivity index (χ4v) is 3.99. The number of piperazine rings is 1. The third kappa shape index (κ3) is 5.90. The number of amides is 2. The van der Waals surface area contributed by atoms with E-state index in [2.05, 4.69) is 31.0 Å². The average Bonchev–Trinajstić information content (AvgIpc) is 3.26. The van der Waals surface area contributed by atoms with E-state index in [0.29, 0.717) is 76.1 Å². The molecule has 0 N–H and O–H groups in total. The van der Waals surface area contributed by atoms with E-state index in [4.69, 9.17) is 9.26 Å². The van der Waals surface area contributed by atoms with E-state index < -0.39 is 0 Å². The van der Waals surface area contributed by atoms with Crippen molar-refractivity contribution < 1.29 is 18.8 Å². The summed E-state index contributed by atoms with van der Waals surface area (Å²) >= 11 is 3.39. The van der Waals surface area contributed by atoms with Crippen LogP contribution in [0.5, 0.6) is 0 Å². The van der Waals surface area contributed by atoms with Crippen LogP contribution in [0, 0.1) is 0 Å². The predicted molar refractivity (Wildman–Crippen MR) is 115 cm³/mol. The maximum absolute atomic E-state index is 12.6. The highest BCUT2D eigenvalue weighted by molar-refractivity contribution is 9.10. The first-order valence-electron chi connectivity index (χ1n) is 10.5. The molecule has 0 bridgehead atoms. The Hall–Kier alpha value is -2.30. The average molecular weight is 492 g/mol. The SMILES string of the molecule is O=C(CCc1nc(CN2CCN(C(=O)c3ccc(Br)cc3)CC2)no1)N1CCOCC1. The Kier molecular flexibility index (Phi) is 7.31. The minimum atomic E-state index is 0.0546. The van der Waals surface area contributed by atoms with Crippen molar-refractivity contribution in [3.8, 4) is 0 Å². The van der Waals surface area contributed by atoms with Gasteiger partial charge >= 0.3 is 0 Å². The molecule has 1 aromatic carbocycles. The Labute approximate surface area is 189 Å². The molecule has 2 aliphatic rings. The third-order valence-electron chi connectivity index (χ3n) is 5.54. The van der Waals surface area contributed by atoms with Gasteiger partial charge in [-0.05, 0) is 24.3 Å². The van der Waals surface area contributed by atoms with Gasteiger partial charge in [0.1, 0.15) is 0 Å². The van der Waals surface area contributed by atoms with E-state index in [1.807, 2.05) is 34.1 Å². The quantitative estimate of drug-likeness (QED) is 0.605. The summed E-state index contributed by atoms with van der Waals surface area (Å²) in [6.45, 7) is 5.87. The second kappa shape index (κ2) is 10.3. The van der Waals surface area contributed by atoms with Crippen LogP contribution < -0.4 is 0 Å². The summed E-state index contributed by atoms with van der Waals surface area (Å²) in [5.41, 5.74) is 0.700. The smallest absolute Gasteiger partial charge is 0.253 e. The molecule has 0 aliphatic carbocycles. The monoisotopic (exact) mass is 491 g/mol. The van der Waals surface area contributed by atoms with Crippen LogP contribution in [0.1, 0.15) is 28.5 Å². The van der Waals surface area contributed by atoms with E-state index >= 15 is 0 Å². The van der Waals surface area contributed by atoms with Crippen molar-refractivity contribution in [1.29, 1.82) is 0 Å². The topological polar surface area (TPSA) is 92.0 Å². The van der Waals surface area contributed by atoms with Crippen molar-refractivity contribution in [2.24, 2.45) is 0 Å². The summed E-state index contributed by atoms with van der Waals surface area (Å²) < 4.78 is 11.5. The van der Waals surface area contributed by atoms with Gasteiger partial charge in [-0.1, -0.05) is 21.1 Å². The molecule has 166 valence electrons. The van der Waals surface area contributed by atoms with Gasteiger partial charge in [0.25, 0.3) is 5.91 Å². The first-order valence-corrected chi connectivity index (χ1v) is 11.3. The minimum absolute atomic E-state index is 0.0546. The molecule has 0 radical (unpaired) electrons. The van der Waals surface area contributed by atoms with Crippen LogP contribution in [-0.2, 0) is 22.5 Å². The number of benzene rings is 1. The lowest BCUT2D eigenvalue weighted by Crippen LogP contribution is -2.48. The number of morpholine rings is 1. The van der Waals surface area contributed by atoms with Crippen molar-refractivity contribution in [2.45, 2.75) is 19.4 Å². The van der Waals surface area contributed by atoms with Crippen molar-refractivity contribution in [1.82, 2.24) is 24.8 Å². The molecule has 0 spiro atoms. The van der Waals surface area contributed by atoms with E-state index in [0.717, 1.165) is 17.6 Å². The number of rotatable bonds is 6. The predicted octanol–water partition coefficient (Wildman–Crippen LogP) is 1.58. The molecule has 4 rings (SSSR count). The molecule has 0 atom stereocenters. The van der Waals surface area contributed by atoms with Crippen LogP contribution >= 0.6 is 15.9 Å². The molecule has 1 aromatic heterocycles. The Balaban J connectivity index is 1.21. The number of nitrogens with zero attached hydrogens (tertiary/aromatic N) is 5. The maximum Gasteiger partial charge on any atom is 0.253 e. The van der Waals surface area contributed by atoms with Gasteiger partial charge in [0, 0.05) is 62.1 Å². The zero-order chi connectivity index (χ0) is 21.6. The van der Waals surface area contributed by atoms with Gasteiger partial charge in [-0.15, -0.1) is 0 Å². The van der Waals surface area contributed by atoms with Gasteiger partial charge in [-0.2, -0.15) is 4.98 Å². The zero-order valence-corrected chi connectivity index (χ0v) is 18.9. The molecule has 31 heavy (non-hydrogen) atoms. The van der Waals surface area contributed by atoms with Crippen LogP contribution in [0.4, 0.5) is 0 Å². The van der Waals surface area contributed by atoms with E-state index in [-0.39, 0.29) is 11.8 Å². The van der Waals surface area contributed by atoms with Gasteiger partial charge < -0.3 is 19.1 Å². The fourth-order valence-electron chi connectivity index (χ4n) is 3.72. The van der Waals surface area contributed by atoms with Crippen LogP contribution in [0.3, 0.4) is 0 Å². The third-order valence-corrected chi connectivity index (χ3v) is 6.07. The molecule has 2 aromatic rings. The first kappa shape index (κ1) is 21.9. The molecule has 2 fully saturated rings. The zero-order valence-electron chi connectivity index (χ0n) is 17.3. The number of hydrogen-bond acceptors (Lipinski definition) is 7. The molecule has 2 aliphatic heterocycles. The molecule has 10 heteroatoms. The second-order valence-corrected chi connectivity index (χ2v) is 8.59. The van der Waals surface area contributed by atoms with Crippen molar-refractivity contribution in [3.63, 3.8) is 0 Å². The van der Waals surface area contributed by atoms with E-state index in [1.54, 1.807) is 0 Å². The molecular formula is C21H26BrN5O4. The molecule has 3 heterocycles. The summed E-state index contributed by atoms with van der Waals surface area (Å²) in [5, 5.41) is 4.05. The second-order valence-electron chi connectivity index (χ2n) is 7.67. The summed E-state index contributed by atoms with van der Waals surface area (Å²) in [5.74, 6) is 1.25. The molecule has 9 nitrogen and oxygen atoms in total. The maximum atomic E-state index is 12.6. The number of aryl methyl sites for hydroxylation is 1. The number of hydrogen-bond donors (Lipinski definition) is 0. The van der Waals surface area contributed by atoms with Crippen molar-refractivity contribution in [3.05, 3.63) is 46.0 Å². The number of carbonyl (C=O) groups is 2. The highest BCUT2D eigenvalue weighted by Crippen LogP contribution is 2.14. The molecule has 2 saturated heterocycles. The summed E-state index contributed by atoms with van der Waals surface area (Å²) in [6, 6.07) is 7.44. The summed E-state index contributed by atoms with van der Waals surface area (Å²) in [7, 11) is 0. The van der Waals surface area contributed by atoms with Gasteiger partial charge in [-0.3, -0.25) is 14.5 Å². The Morgan fingerprint density at radius 2 is 1.68 bits per heavy atom. The highest BCUT2D eigenvalue weighted by atomic mass is 79.9. The van der Waals surface area contributed by atoms with E-state index in [9.17, 15) is 9.59 Å². The number of carbonyl (C=O) groups excluding carboxylic acids is 2. The van der Waals surface area contributed by atoms with Crippen LogP contribution in [-0.4, -0.2) is 89.1 Å². The Morgan fingerprint density at radius 3 is 2.39 bits per heavy atom. The van der Waals surface area contributed by atoms with Crippen molar-refractivity contribution >= 4 is 27.7 Å². The van der Waals surface area contributed by atoms with Crippen LogP contribution in [0.2, 0.25) is 0 Å². The molecule has 0 saturated carbocycles. The fraction of sp³-hybridized carbons (Fsp3) is 0.524. The number of aromatic nitrogens is 2. The van der Waals surface area contributed by atoms with E-state index in [1.165, 1.54) is 0 Å². The summed E-state index contributed by atoms with van der Waals surface area (Å²) in [6.07, 6.45) is 0.803. The summed E-state index contributed by atoms with van der Waals surface area (Å²) in [4.78, 5) is 35.2. The highest BCUT2D eigenvalue weighted by Gasteiger charge is 2.23. The lowest BCUT2D eigenvalue weighted by molar-refractivity contribution is -0.135. The van der Waals surface area contributed by atoms with Gasteiger partial charge in [0.05, 0.1) is 19.8 Å². The lowest BCUT2D eigenvalue weighted by Gasteiger charge is -2.34. The van der Waals surface area contributed by atoms with Crippen LogP contribution in [0.25, 0.3) is 0 Å². The molecular weight excluding hydrogens is 466 g/mol.